The van der Waals surface area contributed by atoms with Crippen LogP contribution in [0, 0.1) is 0 Å². The van der Waals surface area contributed by atoms with E-state index in [1.165, 1.54) is 21.9 Å². The minimum absolute atomic E-state index is 0.154. The summed E-state index contributed by atoms with van der Waals surface area (Å²) in [5.74, 6) is -0.154. The average molecular weight is 422 g/mol. The molecule has 0 unspecified atom stereocenters. The molecule has 4 nitrogen and oxygen atoms in total. The van der Waals surface area contributed by atoms with Crippen molar-refractivity contribution in [3.8, 4) is 22.4 Å². The summed E-state index contributed by atoms with van der Waals surface area (Å²) in [4.78, 5) is 17.7. The highest BCUT2D eigenvalue weighted by atomic mass is 32.1. The number of nitrogens with zero attached hydrogens (tertiary/aromatic N) is 3. The molecule has 2 heterocycles. The Morgan fingerprint density at radius 2 is 1.42 bits per heavy atom. The molecule has 0 aliphatic carbocycles. The van der Waals surface area contributed by atoms with Crippen molar-refractivity contribution in [3.63, 3.8) is 0 Å². The predicted molar refractivity (Wildman–Crippen MR) is 128 cm³/mol. The number of hydrogen-bond acceptors (Lipinski definition) is 4. The summed E-state index contributed by atoms with van der Waals surface area (Å²) in [6.07, 6.45) is 1.89. The standard InChI is InChI=1S/C26H19N3OS/c1-18-23(16-19-12-14-21(15-13-19)20-8-4-2-5-9-20)25(30)29(28-18)26-27-24(17-31-26)22-10-6-3-7-11-22/h2-17H,1H3/b23-16+. The molecule has 0 fully saturated rings. The van der Waals surface area contributed by atoms with Gasteiger partial charge in [-0.05, 0) is 29.7 Å². The summed E-state index contributed by atoms with van der Waals surface area (Å²) in [6.45, 7) is 1.85. The van der Waals surface area contributed by atoms with Gasteiger partial charge in [-0.1, -0.05) is 84.9 Å². The zero-order valence-electron chi connectivity index (χ0n) is 16.9. The molecule has 5 heteroatoms. The molecule has 0 bridgehead atoms. The number of carbonyl (C=O) groups is 1. The molecule has 150 valence electrons. The molecule has 1 amide bonds. The van der Waals surface area contributed by atoms with Crippen molar-refractivity contribution >= 4 is 34.2 Å². The minimum atomic E-state index is -0.154. The van der Waals surface area contributed by atoms with Crippen LogP contribution in [0.25, 0.3) is 28.5 Å². The molecule has 1 aliphatic heterocycles. The number of hydrazone groups is 1. The summed E-state index contributed by atoms with van der Waals surface area (Å²) >= 11 is 1.42. The van der Waals surface area contributed by atoms with E-state index in [-0.39, 0.29) is 5.91 Å². The molecule has 31 heavy (non-hydrogen) atoms. The molecule has 0 saturated carbocycles. The third-order valence-corrected chi connectivity index (χ3v) is 5.95. The fraction of sp³-hybridized carbons (Fsp3) is 0.0385. The van der Waals surface area contributed by atoms with E-state index in [9.17, 15) is 4.79 Å². The van der Waals surface area contributed by atoms with Gasteiger partial charge in [0.25, 0.3) is 5.91 Å². The Kier molecular flexibility index (Phi) is 5.02. The van der Waals surface area contributed by atoms with E-state index in [0.29, 0.717) is 16.4 Å². The molecular formula is C26H19N3OS. The molecule has 1 aliphatic rings. The average Bonchev–Trinajstić information content (AvgIpc) is 3.41. The van der Waals surface area contributed by atoms with E-state index in [1.807, 2.05) is 79.0 Å². The number of rotatable bonds is 4. The van der Waals surface area contributed by atoms with Gasteiger partial charge in [0.15, 0.2) is 0 Å². The van der Waals surface area contributed by atoms with Crippen LogP contribution in [-0.4, -0.2) is 16.6 Å². The number of benzene rings is 3. The third-order valence-electron chi connectivity index (χ3n) is 5.13. The van der Waals surface area contributed by atoms with Crippen LogP contribution in [-0.2, 0) is 4.79 Å². The molecule has 5 rings (SSSR count). The maximum absolute atomic E-state index is 13.1. The lowest BCUT2D eigenvalue weighted by Gasteiger charge is -2.07. The van der Waals surface area contributed by atoms with E-state index in [2.05, 4.69) is 34.4 Å². The minimum Gasteiger partial charge on any atom is -0.267 e. The SMILES string of the molecule is CC1=NN(c2nc(-c3ccccc3)cs2)C(=O)/C1=C/c1ccc(-c2ccccc2)cc1. The van der Waals surface area contributed by atoms with Gasteiger partial charge in [0.1, 0.15) is 0 Å². The van der Waals surface area contributed by atoms with Crippen molar-refractivity contribution in [1.82, 2.24) is 4.98 Å². The highest BCUT2D eigenvalue weighted by molar-refractivity contribution is 7.14. The first-order valence-corrected chi connectivity index (χ1v) is 10.9. The molecule has 0 atom stereocenters. The molecule has 4 aromatic rings. The topological polar surface area (TPSA) is 45.6 Å². The fourth-order valence-electron chi connectivity index (χ4n) is 3.49. The number of amides is 1. The van der Waals surface area contributed by atoms with E-state index < -0.39 is 0 Å². The van der Waals surface area contributed by atoms with Crippen molar-refractivity contribution in [1.29, 1.82) is 0 Å². The van der Waals surface area contributed by atoms with Gasteiger partial charge in [-0.2, -0.15) is 10.1 Å². The Balaban J connectivity index is 1.39. The Morgan fingerprint density at radius 1 is 0.806 bits per heavy atom. The zero-order valence-corrected chi connectivity index (χ0v) is 17.7. The maximum Gasteiger partial charge on any atom is 0.282 e. The molecule has 1 aromatic heterocycles. The van der Waals surface area contributed by atoms with Gasteiger partial charge in [-0.15, -0.1) is 11.3 Å². The predicted octanol–water partition coefficient (Wildman–Crippen LogP) is 6.28. The number of aromatic nitrogens is 1. The van der Waals surface area contributed by atoms with Gasteiger partial charge in [-0.3, -0.25) is 4.79 Å². The second-order valence-electron chi connectivity index (χ2n) is 7.23. The Hall–Kier alpha value is -3.83. The van der Waals surface area contributed by atoms with E-state index in [0.717, 1.165) is 22.4 Å². The molecular weight excluding hydrogens is 402 g/mol. The van der Waals surface area contributed by atoms with E-state index >= 15 is 0 Å². The molecule has 0 spiro atoms. The van der Waals surface area contributed by atoms with Crippen LogP contribution in [0.15, 0.2) is 101 Å². The van der Waals surface area contributed by atoms with Gasteiger partial charge in [0.05, 0.1) is 17.0 Å². The van der Waals surface area contributed by atoms with Gasteiger partial charge >= 0.3 is 0 Å². The summed E-state index contributed by atoms with van der Waals surface area (Å²) < 4.78 is 0. The monoisotopic (exact) mass is 421 g/mol. The first-order valence-electron chi connectivity index (χ1n) is 9.97. The quantitative estimate of drug-likeness (QED) is 0.364. The van der Waals surface area contributed by atoms with Crippen LogP contribution in [0.2, 0.25) is 0 Å². The van der Waals surface area contributed by atoms with Crippen LogP contribution in [0.3, 0.4) is 0 Å². The van der Waals surface area contributed by atoms with Crippen molar-refractivity contribution in [2.75, 3.05) is 5.01 Å². The third kappa shape index (κ3) is 3.83. The normalized spacial score (nSPS) is 14.9. The maximum atomic E-state index is 13.1. The number of hydrogen-bond donors (Lipinski definition) is 0. The van der Waals surface area contributed by atoms with Crippen molar-refractivity contribution in [3.05, 3.63) is 101 Å². The number of thiazole rings is 1. The van der Waals surface area contributed by atoms with Gasteiger partial charge in [-0.25, -0.2) is 4.98 Å². The van der Waals surface area contributed by atoms with Crippen molar-refractivity contribution in [2.45, 2.75) is 6.92 Å². The summed E-state index contributed by atoms with van der Waals surface area (Å²) in [5.41, 5.74) is 6.41. The van der Waals surface area contributed by atoms with Crippen LogP contribution >= 0.6 is 11.3 Å². The lowest BCUT2D eigenvalue weighted by Crippen LogP contribution is -2.21. The molecule has 3 aromatic carbocycles. The summed E-state index contributed by atoms with van der Waals surface area (Å²) in [7, 11) is 0. The van der Waals surface area contributed by atoms with Gasteiger partial charge in [0, 0.05) is 10.9 Å². The smallest absolute Gasteiger partial charge is 0.267 e. The van der Waals surface area contributed by atoms with Crippen LogP contribution in [0.5, 0.6) is 0 Å². The van der Waals surface area contributed by atoms with Crippen molar-refractivity contribution < 1.29 is 4.79 Å². The fourth-order valence-corrected chi connectivity index (χ4v) is 4.27. The van der Waals surface area contributed by atoms with Crippen molar-refractivity contribution in [2.24, 2.45) is 5.10 Å². The molecule has 0 radical (unpaired) electrons. The number of anilines is 1. The van der Waals surface area contributed by atoms with E-state index in [1.54, 1.807) is 0 Å². The second-order valence-corrected chi connectivity index (χ2v) is 8.07. The Morgan fingerprint density at radius 3 is 2.10 bits per heavy atom. The van der Waals surface area contributed by atoms with Crippen LogP contribution in [0.1, 0.15) is 12.5 Å². The van der Waals surface area contributed by atoms with Gasteiger partial charge < -0.3 is 0 Å². The van der Waals surface area contributed by atoms with Crippen LogP contribution < -0.4 is 5.01 Å². The lowest BCUT2D eigenvalue weighted by atomic mass is 10.0. The largest absolute Gasteiger partial charge is 0.282 e. The second kappa shape index (κ2) is 8.13. The molecule has 0 N–H and O–H groups in total. The zero-order chi connectivity index (χ0) is 21.2. The van der Waals surface area contributed by atoms with Gasteiger partial charge in [0.2, 0.25) is 5.13 Å². The summed E-state index contributed by atoms with van der Waals surface area (Å²) in [5, 5.41) is 8.40. The first-order chi connectivity index (χ1) is 15.2. The number of carbonyl (C=O) groups excluding carboxylic acids is 1. The lowest BCUT2D eigenvalue weighted by molar-refractivity contribution is -0.114. The van der Waals surface area contributed by atoms with Crippen LogP contribution in [0.4, 0.5) is 5.13 Å². The van der Waals surface area contributed by atoms with E-state index in [4.69, 9.17) is 0 Å². The Labute approximate surface area is 184 Å². The highest BCUT2D eigenvalue weighted by Gasteiger charge is 2.30. The Bertz CT molecular complexity index is 1290. The first kappa shape index (κ1) is 19.2. The highest BCUT2D eigenvalue weighted by Crippen LogP contribution is 2.31. The summed E-state index contributed by atoms with van der Waals surface area (Å²) in [6, 6.07) is 28.3. The molecule has 0 saturated heterocycles.